The van der Waals surface area contributed by atoms with Gasteiger partial charge in [0.2, 0.25) is 0 Å². The summed E-state index contributed by atoms with van der Waals surface area (Å²) in [7, 11) is 0. The van der Waals surface area contributed by atoms with E-state index in [1.807, 2.05) is 0 Å². The van der Waals surface area contributed by atoms with E-state index < -0.39 is 11.6 Å². The van der Waals surface area contributed by atoms with E-state index in [1.165, 1.54) is 6.07 Å². The highest BCUT2D eigenvalue weighted by Crippen LogP contribution is 2.29. The number of nitrogens with one attached hydrogen (secondary N) is 1. The van der Waals surface area contributed by atoms with E-state index in [0.717, 1.165) is 32.0 Å². The van der Waals surface area contributed by atoms with E-state index in [0.29, 0.717) is 17.9 Å². The van der Waals surface area contributed by atoms with Crippen molar-refractivity contribution in [1.29, 1.82) is 0 Å². The monoisotopic (exact) mass is 283 g/mol. The second kappa shape index (κ2) is 7.72. The third-order valence-corrected chi connectivity index (χ3v) is 3.59. The maximum absolute atomic E-state index is 13.8. The van der Waals surface area contributed by atoms with Crippen LogP contribution in [-0.2, 0) is 6.42 Å². The molecule has 114 valence electrons. The van der Waals surface area contributed by atoms with Crippen LogP contribution in [0.2, 0.25) is 0 Å². The van der Waals surface area contributed by atoms with Crippen LogP contribution >= 0.6 is 0 Å². The third kappa shape index (κ3) is 5.58. The van der Waals surface area contributed by atoms with E-state index in [4.69, 9.17) is 0 Å². The molecule has 1 aromatic rings. The second-order valence-electron chi connectivity index (χ2n) is 6.50. The van der Waals surface area contributed by atoms with Gasteiger partial charge in [0.15, 0.2) is 0 Å². The van der Waals surface area contributed by atoms with Gasteiger partial charge in [0.05, 0.1) is 0 Å². The minimum Gasteiger partial charge on any atom is -0.316 e. The molecule has 0 aliphatic rings. The Morgan fingerprint density at radius 2 is 1.95 bits per heavy atom. The number of hydrogen-bond donors (Lipinski definition) is 1. The van der Waals surface area contributed by atoms with Crippen LogP contribution in [0, 0.1) is 23.0 Å². The first-order valence-corrected chi connectivity index (χ1v) is 7.51. The summed E-state index contributed by atoms with van der Waals surface area (Å²) in [5.74, 6) is -0.346. The van der Waals surface area contributed by atoms with Crippen molar-refractivity contribution in [3.8, 4) is 0 Å². The Morgan fingerprint density at radius 1 is 1.25 bits per heavy atom. The summed E-state index contributed by atoms with van der Waals surface area (Å²) in [6.07, 6.45) is 2.72. The van der Waals surface area contributed by atoms with Crippen LogP contribution in [0.3, 0.4) is 0 Å². The highest BCUT2D eigenvalue weighted by molar-refractivity contribution is 5.20. The molecule has 0 saturated carbocycles. The van der Waals surface area contributed by atoms with Crippen LogP contribution in [0.4, 0.5) is 8.78 Å². The summed E-state index contributed by atoms with van der Waals surface area (Å²) in [6, 6.07) is 3.89. The normalized spacial score (nSPS) is 14.6. The largest absolute Gasteiger partial charge is 0.316 e. The second-order valence-corrected chi connectivity index (χ2v) is 6.50. The fraction of sp³-hybridized carbons (Fsp3) is 0.647. The number of halogens is 2. The van der Waals surface area contributed by atoms with Crippen molar-refractivity contribution in [2.45, 2.75) is 47.0 Å². The molecule has 1 nitrogen and oxygen atoms in total. The van der Waals surface area contributed by atoms with Crippen molar-refractivity contribution in [3.63, 3.8) is 0 Å². The maximum Gasteiger partial charge on any atom is 0.129 e. The number of hydrogen-bond acceptors (Lipinski definition) is 1. The molecule has 0 radical (unpaired) electrons. The molecule has 0 aliphatic heterocycles. The van der Waals surface area contributed by atoms with Crippen molar-refractivity contribution in [2.24, 2.45) is 11.3 Å². The molecular weight excluding hydrogens is 256 g/mol. The van der Waals surface area contributed by atoms with Gasteiger partial charge in [-0.15, -0.1) is 0 Å². The molecule has 1 unspecified atom stereocenters. The zero-order valence-electron chi connectivity index (χ0n) is 13.1. The summed E-state index contributed by atoms with van der Waals surface area (Å²) < 4.78 is 26.8. The standard InChI is InChI=1S/C17H27F2N/c1-5-8-17(4,12-20-11-13(2)3)10-14-6-7-15(18)9-16(14)19/h6-7,9,13,20H,5,8,10-12H2,1-4H3. The molecule has 0 fully saturated rings. The average Bonchev–Trinajstić information content (AvgIpc) is 2.33. The van der Waals surface area contributed by atoms with Crippen LogP contribution in [0.5, 0.6) is 0 Å². The summed E-state index contributed by atoms with van der Waals surface area (Å²) in [6.45, 7) is 10.5. The Bertz CT molecular complexity index is 417. The number of rotatable bonds is 8. The zero-order valence-corrected chi connectivity index (χ0v) is 13.1. The van der Waals surface area contributed by atoms with Crippen LogP contribution in [0.15, 0.2) is 18.2 Å². The average molecular weight is 283 g/mol. The molecule has 0 bridgehead atoms. The molecule has 1 N–H and O–H groups in total. The highest BCUT2D eigenvalue weighted by atomic mass is 19.1. The molecule has 0 aromatic heterocycles. The molecular formula is C17H27F2N. The lowest BCUT2D eigenvalue weighted by Gasteiger charge is -2.30. The molecule has 0 heterocycles. The van der Waals surface area contributed by atoms with Gasteiger partial charge in [0.1, 0.15) is 11.6 Å². The van der Waals surface area contributed by atoms with Crippen molar-refractivity contribution >= 4 is 0 Å². The summed E-state index contributed by atoms with van der Waals surface area (Å²) in [5, 5.41) is 3.46. The van der Waals surface area contributed by atoms with Gasteiger partial charge in [0.25, 0.3) is 0 Å². The SMILES string of the molecule is CCCC(C)(CNCC(C)C)Cc1ccc(F)cc1F. The Labute approximate surface area is 121 Å². The first kappa shape index (κ1) is 17.1. The van der Waals surface area contributed by atoms with Crippen LogP contribution in [0.25, 0.3) is 0 Å². The van der Waals surface area contributed by atoms with E-state index >= 15 is 0 Å². The van der Waals surface area contributed by atoms with E-state index in [1.54, 1.807) is 6.07 Å². The first-order valence-electron chi connectivity index (χ1n) is 7.51. The zero-order chi connectivity index (χ0) is 15.2. The topological polar surface area (TPSA) is 12.0 Å². The Kier molecular flexibility index (Phi) is 6.60. The Morgan fingerprint density at radius 3 is 2.50 bits per heavy atom. The quantitative estimate of drug-likeness (QED) is 0.737. The van der Waals surface area contributed by atoms with Gasteiger partial charge in [-0.25, -0.2) is 8.78 Å². The molecule has 0 saturated heterocycles. The summed E-state index contributed by atoms with van der Waals surface area (Å²) in [4.78, 5) is 0. The van der Waals surface area contributed by atoms with Gasteiger partial charge < -0.3 is 5.32 Å². The number of benzene rings is 1. The van der Waals surface area contributed by atoms with E-state index in [-0.39, 0.29) is 5.41 Å². The van der Waals surface area contributed by atoms with Gasteiger partial charge in [-0.2, -0.15) is 0 Å². The molecule has 1 rings (SSSR count). The molecule has 0 amide bonds. The molecule has 3 heteroatoms. The van der Waals surface area contributed by atoms with Gasteiger partial charge >= 0.3 is 0 Å². The minimum atomic E-state index is -0.513. The Hall–Kier alpha value is -0.960. The summed E-state index contributed by atoms with van der Waals surface area (Å²) in [5.41, 5.74) is 0.608. The lowest BCUT2D eigenvalue weighted by molar-refractivity contribution is 0.267. The van der Waals surface area contributed by atoms with Crippen LogP contribution in [-0.4, -0.2) is 13.1 Å². The van der Waals surface area contributed by atoms with Gasteiger partial charge in [-0.05, 0) is 42.3 Å². The predicted octanol–water partition coefficient (Wildman–Crippen LogP) is 4.56. The van der Waals surface area contributed by atoms with E-state index in [2.05, 4.69) is 33.0 Å². The van der Waals surface area contributed by atoms with Crippen molar-refractivity contribution in [2.75, 3.05) is 13.1 Å². The van der Waals surface area contributed by atoms with E-state index in [9.17, 15) is 8.78 Å². The fourth-order valence-electron chi connectivity index (χ4n) is 2.63. The Balaban J connectivity index is 2.73. The predicted molar refractivity (Wildman–Crippen MR) is 80.8 cm³/mol. The molecule has 20 heavy (non-hydrogen) atoms. The van der Waals surface area contributed by atoms with Gasteiger partial charge in [0, 0.05) is 12.6 Å². The van der Waals surface area contributed by atoms with Crippen LogP contribution < -0.4 is 5.32 Å². The van der Waals surface area contributed by atoms with Crippen molar-refractivity contribution in [1.82, 2.24) is 5.32 Å². The summed E-state index contributed by atoms with van der Waals surface area (Å²) >= 11 is 0. The maximum atomic E-state index is 13.8. The third-order valence-electron chi connectivity index (χ3n) is 3.59. The lowest BCUT2D eigenvalue weighted by Crippen LogP contribution is -2.35. The van der Waals surface area contributed by atoms with Gasteiger partial charge in [-0.1, -0.05) is 40.2 Å². The highest BCUT2D eigenvalue weighted by Gasteiger charge is 2.25. The van der Waals surface area contributed by atoms with Crippen molar-refractivity contribution < 1.29 is 8.78 Å². The molecule has 0 aliphatic carbocycles. The van der Waals surface area contributed by atoms with Crippen LogP contribution in [0.1, 0.15) is 46.1 Å². The minimum absolute atomic E-state index is 0.00229. The molecule has 1 atom stereocenters. The molecule has 1 aromatic carbocycles. The molecule has 0 spiro atoms. The van der Waals surface area contributed by atoms with Crippen molar-refractivity contribution in [3.05, 3.63) is 35.4 Å². The lowest BCUT2D eigenvalue weighted by atomic mass is 9.79. The first-order chi connectivity index (χ1) is 9.36. The van der Waals surface area contributed by atoms with Gasteiger partial charge in [-0.3, -0.25) is 0 Å². The smallest absolute Gasteiger partial charge is 0.129 e. The fourth-order valence-corrected chi connectivity index (χ4v) is 2.63.